The van der Waals surface area contributed by atoms with Crippen LogP contribution >= 0.6 is 0 Å². The average molecular weight is 248 g/mol. The highest BCUT2D eigenvalue weighted by molar-refractivity contribution is 5.37. The fourth-order valence-electron chi connectivity index (χ4n) is 2.44. The van der Waals surface area contributed by atoms with Crippen molar-refractivity contribution in [2.75, 3.05) is 0 Å². The Kier molecular flexibility index (Phi) is 3.06. The van der Waals surface area contributed by atoms with Gasteiger partial charge in [-0.05, 0) is 17.2 Å². The van der Waals surface area contributed by atoms with E-state index >= 15 is 0 Å². The van der Waals surface area contributed by atoms with E-state index in [4.69, 9.17) is 4.74 Å². The molecule has 3 rings (SSSR count). The van der Waals surface area contributed by atoms with Gasteiger partial charge in [0.2, 0.25) is 0 Å². The van der Waals surface area contributed by atoms with Crippen LogP contribution < -0.4 is 0 Å². The molecule has 94 valence electrons. The summed E-state index contributed by atoms with van der Waals surface area (Å²) in [5.41, 5.74) is 1.76. The highest BCUT2D eigenvalue weighted by Crippen LogP contribution is 2.40. The highest BCUT2D eigenvalue weighted by Gasteiger charge is 2.34. The van der Waals surface area contributed by atoms with Crippen LogP contribution in [0.15, 0.2) is 85.5 Å². The predicted molar refractivity (Wildman–Crippen MR) is 77.7 cm³/mol. The Morgan fingerprint density at radius 2 is 1.58 bits per heavy atom. The maximum absolute atomic E-state index is 6.24. The van der Waals surface area contributed by atoms with Gasteiger partial charge >= 0.3 is 0 Å². The summed E-state index contributed by atoms with van der Waals surface area (Å²) in [6.45, 7) is 3.94. The minimum absolute atomic E-state index is 0.0144. The summed E-state index contributed by atoms with van der Waals surface area (Å²) in [7, 11) is 0. The molecule has 0 radical (unpaired) electrons. The van der Waals surface area contributed by atoms with Crippen molar-refractivity contribution in [3.05, 3.63) is 96.6 Å². The van der Waals surface area contributed by atoms with E-state index in [1.165, 1.54) is 5.56 Å². The molecule has 19 heavy (non-hydrogen) atoms. The highest BCUT2D eigenvalue weighted by atomic mass is 16.5. The molecular formula is C18H16O. The molecule has 0 saturated heterocycles. The molecule has 0 bridgehead atoms. The minimum Gasteiger partial charge on any atom is -0.350 e. The second kappa shape index (κ2) is 4.87. The molecule has 0 spiro atoms. The summed E-state index contributed by atoms with van der Waals surface area (Å²) < 4.78 is 6.24. The third kappa shape index (κ3) is 2.13. The van der Waals surface area contributed by atoms with Gasteiger partial charge in [-0.2, -0.15) is 0 Å². The van der Waals surface area contributed by atoms with Crippen molar-refractivity contribution in [2.24, 2.45) is 0 Å². The lowest BCUT2D eigenvalue weighted by atomic mass is 9.94. The molecule has 2 atom stereocenters. The van der Waals surface area contributed by atoms with Gasteiger partial charge in [0.1, 0.15) is 11.7 Å². The fourth-order valence-corrected chi connectivity index (χ4v) is 2.44. The van der Waals surface area contributed by atoms with E-state index < -0.39 is 5.60 Å². The lowest BCUT2D eigenvalue weighted by molar-refractivity contribution is 0.00530. The Hall–Kier alpha value is -2.12. The summed E-state index contributed by atoms with van der Waals surface area (Å²) in [4.78, 5) is 0. The molecule has 0 aromatic heterocycles. The molecule has 1 aliphatic rings. The fraction of sp³-hybridized carbons (Fsp3) is 0.111. The summed E-state index contributed by atoms with van der Waals surface area (Å²) in [6, 6.07) is 20.4. The molecule has 1 aliphatic heterocycles. The first-order valence-electron chi connectivity index (χ1n) is 6.45. The van der Waals surface area contributed by atoms with Gasteiger partial charge in [-0.15, -0.1) is 0 Å². The summed E-state index contributed by atoms with van der Waals surface area (Å²) in [6.07, 6.45) is 6.04. The summed E-state index contributed by atoms with van der Waals surface area (Å²) >= 11 is 0. The van der Waals surface area contributed by atoms with Gasteiger partial charge in [0.25, 0.3) is 0 Å². The van der Waals surface area contributed by atoms with Crippen LogP contribution in [0.2, 0.25) is 0 Å². The van der Waals surface area contributed by atoms with Crippen molar-refractivity contribution in [2.45, 2.75) is 11.7 Å². The van der Waals surface area contributed by atoms with E-state index in [-0.39, 0.29) is 6.10 Å². The Labute approximate surface area is 113 Å². The second-order valence-electron chi connectivity index (χ2n) is 4.67. The van der Waals surface area contributed by atoms with Gasteiger partial charge in [-0.1, -0.05) is 79.4 Å². The number of hydrogen-bond acceptors (Lipinski definition) is 1. The summed E-state index contributed by atoms with van der Waals surface area (Å²) in [5.74, 6) is 0. The summed E-state index contributed by atoms with van der Waals surface area (Å²) in [5, 5.41) is 0. The number of hydrogen-bond donors (Lipinski definition) is 0. The van der Waals surface area contributed by atoms with Crippen LogP contribution in [-0.2, 0) is 10.3 Å². The molecule has 2 unspecified atom stereocenters. The van der Waals surface area contributed by atoms with E-state index in [1.54, 1.807) is 0 Å². The molecule has 1 heteroatoms. The van der Waals surface area contributed by atoms with Crippen LogP contribution in [0.4, 0.5) is 0 Å². The minimum atomic E-state index is -0.512. The van der Waals surface area contributed by atoms with Crippen LogP contribution in [-0.4, -0.2) is 0 Å². The van der Waals surface area contributed by atoms with Crippen LogP contribution in [0.5, 0.6) is 0 Å². The monoisotopic (exact) mass is 248 g/mol. The van der Waals surface area contributed by atoms with Crippen molar-refractivity contribution in [3.63, 3.8) is 0 Å². The zero-order valence-electron chi connectivity index (χ0n) is 10.7. The third-order valence-corrected chi connectivity index (χ3v) is 3.50. The molecule has 0 N–H and O–H groups in total. The van der Waals surface area contributed by atoms with E-state index in [1.807, 2.05) is 42.5 Å². The van der Waals surface area contributed by atoms with Gasteiger partial charge < -0.3 is 4.74 Å². The Morgan fingerprint density at radius 3 is 2.21 bits per heavy atom. The van der Waals surface area contributed by atoms with E-state index in [2.05, 4.69) is 43.0 Å². The number of ether oxygens (including phenoxy) is 1. The molecule has 0 fully saturated rings. The van der Waals surface area contributed by atoms with Crippen LogP contribution in [0.25, 0.3) is 0 Å². The Balaban J connectivity index is 1.92. The standard InChI is InChI=1S/C18H16O/c1-2-18(16-11-7-4-8-12-16)14-13-17(19-18)15-9-5-3-6-10-15/h2-14,17H,1H2. The van der Waals surface area contributed by atoms with Gasteiger partial charge in [-0.3, -0.25) is 0 Å². The van der Waals surface area contributed by atoms with Gasteiger partial charge in [0.05, 0.1) is 0 Å². The number of rotatable bonds is 3. The first-order valence-corrected chi connectivity index (χ1v) is 6.45. The van der Waals surface area contributed by atoms with Crippen molar-refractivity contribution in [3.8, 4) is 0 Å². The maximum atomic E-state index is 6.24. The second-order valence-corrected chi connectivity index (χ2v) is 4.67. The van der Waals surface area contributed by atoms with E-state index in [0.717, 1.165) is 5.56 Å². The normalized spacial score (nSPS) is 25.4. The van der Waals surface area contributed by atoms with Gasteiger partial charge in [-0.25, -0.2) is 0 Å². The van der Waals surface area contributed by atoms with E-state index in [9.17, 15) is 0 Å². The average Bonchev–Trinajstić information content (AvgIpc) is 2.95. The molecule has 0 amide bonds. The largest absolute Gasteiger partial charge is 0.350 e. The quantitative estimate of drug-likeness (QED) is 0.732. The first kappa shape index (κ1) is 11.9. The molecule has 0 saturated carbocycles. The molecule has 0 aliphatic carbocycles. The van der Waals surface area contributed by atoms with Crippen LogP contribution in [0.1, 0.15) is 17.2 Å². The lowest BCUT2D eigenvalue weighted by Gasteiger charge is -2.26. The third-order valence-electron chi connectivity index (χ3n) is 3.50. The number of benzene rings is 2. The topological polar surface area (TPSA) is 9.23 Å². The molecule has 1 heterocycles. The Bertz CT molecular complexity index is 586. The molecule has 2 aromatic rings. The molecule has 1 nitrogen and oxygen atoms in total. The van der Waals surface area contributed by atoms with Gasteiger partial charge in [0.15, 0.2) is 0 Å². The first-order chi connectivity index (χ1) is 9.34. The zero-order valence-corrected chi connectivity index (χ0v) is 10.7. The Morgan fingerprint density at radius 1 is 0.947 bits per heavy atom. The lowest BCUT2D eigenvalue weighted by Crippen LogP contribution is -2.21. The van der Waals surface area contributed by atoms with E-state index in [0.29, 0.717) is 0 Å². The van der Waals surface area contributed by atoms with Crippen LogP contribution in [0, 0.1) is 0 Å². The molecular weight excluding hydrogens is 232 g/mol. The van der Waals surface area contributed by atoms with Crippen molar-refractivity contribution >= 4 is 0 Å². The smallest absolute Gasteiger partial charge is 0.131 e. The van der Waals surface area contributed by atoms with Crippen LogP contribution in [0.3, 0.4) is 0 Å². The van der Waals surface area contributed by atoms with Crippen molar-refractivity contribution < 1.29 is 4.74 Å². The zero-order chi connectivity index (χ0) is 13.1. The molecule has 2 aromatic carbocycles. The SMILES string of the molecule is C=CC1(c2ccccc2)C=CC(c2ccccc2)O1. The van der Waals surface area contributed by atoms with Crippen molar-refractivity contribution in [1.29, 1.82) is 0 Å². The maximum Gasteiger partial charge on any atom is 0.131 e. The predicted octanol–water partition coefficient (Wildman–Crippen LogP) is 4.40. The van der Waals surface area contributed by atoms with Gasteiger partial charge in [0, 0.05) is 0 Å². The van der Waals surface area contributed by atoms with Crippen molar-refractivity contribution in [1.82, 2.24) is 0 Å².